The number of halogens is 1. The monoisotopic (exact) mass is 468 g/mol. The van der Waals surface area contributed by atoms with Gasteiger partial charge in [-0.15, -0.1) is 0 Å². The molecule has 6 heteroatoms. The number of hydrazone groups is 1. The van der Waals surface area contributed by atoms with Gasteiger partial charge in [-0.3, -0.25) is 4.79 Å². The highest BCUT2D eigenvalue weighted by molar-refractivity contribution is 9.08. The van der Waals surface area contributed by atoms with E-state index in [1.54, 1.807) is 19.2 Å². The molecule has 156 valence electrons. The topological polar surface area (TPSA) is 51.1 Å². The average molecular weight is 469 g/mol. The van der Waals surface area contributed by atoms with Gasteiger partial charge in [0, 0.05) is 16.8 Å². The van der Waals surface area contributed by atoms with Crippen LogP contribution in [-0.2, 0) is 16.7 Å². The third-order valence-electron chi connectivity index (χ3n) is 5.85. The highest BCUT2D eigenvalue weighted by atomic mass is 79.9. The molecule has 2 aliphatic rings. The maximum atomic E-state index is 13.3. The molecular formula is C24H25BrN2O3. The molecule has 0 bridgehead atoms. The molecule has 2 unspecified atom stereocenters. The number of hydrogen-bond donors (Lipinski definition) is 0. The van der Waals surface area contributed by atoms with Gasteiger partial charge in [-0.2, -0.15) is 5.10 Å². The number of benzene rings is 2. The summed E-state index contributed by atoms with van der Waals surface area (Å²) in [5, 5.41) is 7.26. The van der Waals surface area contributed by atoms with Crippen LogP contribution in [0, 0.1) is 11.8 Å². The van der Waals surface area contributed by atoms with Gasteiger partial charge in [0.05, 0.1) is 32.4 Å². The minimum Gasteiger partial charge on any atom is -0.493 e. The molecular weight excluding hydrogens is 444 g/mol. The van der Waals surface area contributed by atoms with E-state index in [0.717, 1.165) is 35.0 Å². The van der Waals surface area contributed by atoms with Gasteiger partial charge >= 0.3 is 0 Å². The van der Waals surface area contributed by atoms with Crippen LogP contribution in [0.2, 0.25) is 0 Å². The second-order valence-electron chi connectivity index (χ2n) is 7.51. The smallest absolute Gasteiger partial charge is 0.247 e. The minimum absolute atomic E-state index is 0.0725. The summed E-state index contributed by atoms with van der Waals surface area (Å²) in [5.41, 5.74) is 4.16. The Labute approximate surface area is 185 Å². The Bertz CT molecular complexity index is 1000. The number of alkyl halides is 1. The molecule has 5 nitrogen and oxygen atoms in total. The van der Waals surface area contributed by atoms with Crippen LogP contribution in [0.5, 0.6) is 11.5 Å². The Balaban J connectivity index is 1.75. The van der Waals surface area contributed by atoms with E-state index in [2.05, 4.69) is 40.2 Å². The van der Waals surface area contributed by atoms with Crippen LogP contribution in [0.25, 0.3) is 0 Å². The summed E-state index contributed by atoms with van der Waals surface area (Å²) in [4.78, 5) is 13.3. The average Bonchev–Trinajstić information content (AvgIpc) is 2.80. The molecule has 0 saturated carbocycles. The first-order valence-electron chi connectivity index (χ1n) is 10.1. The van der Waals surface area contributed by atoms with Crippen LogP contribution in [0.15, 0.2) is 59.7 Å². The molecule has 0 aromatic heterocycles. The van der Waals surface area contributed by atoms with Gasteiger partial charge in [-0.1, -0.05) is 52.3 Å². The first-order valence-corrected chi connectivity index (χ1v) is 11.2. The van der Waals surface area contributed by atoms with E-state index in [1.807, 2.05) is 30.3 Å². The number of nitrogens with zero attached hydrogens (tertiary/aromatic N) is 2. The van der Waals surface area contributed by atoms with Gasteiger partial charge < -0.3 is 9.47 Å². The summed E-state index contributed by atoms with van der Waals surface area (Å²) < 4.78 is 10.9. The van der Waals surface area contributed by atoms with E-state index in [9.17, 15) is 4.79 Å². The number of carbonyl (C=O) groups excluding carboxylic acids is 1. The molecule has 0 spiro atoms. The maximum absolute atomic E-state index is 13.3. The van der Waals surface area contributed by atoms with Crippen LogP contribution < -0.4 is 9.47 Å². The van der Waals surface area contributed by atoms with E-state index in [1.165, 1.54) is 5.56 Å². The SMILES string of the molecule is COc1ccc(C2=NN(Cc3ccccc3CBr)C(=O)C3CC=CCC23)cc1OC. The molecule has 1 aliphatic carbocycles. The largest absolute Gasteiger partial charge is 0.493 e. The highest BCUT2D eigenvalue weighted by Crippen LogP contribution is 2.37. The lowest BCUT2D eigenvalue weighted by Crippen LogP contribution is -2.45. The van der Waals surface area contributed by atoms with E-state index in [0.29, 0.717) is 18.0 Å². The number of allylic oxidation sites excluding steroid dienone is 2. The normalized spacial score (nSPS) is 20.6. The molecule has 1 heterocycles. The Morgan fingerprint density at radius 2 is 1.70 bits per heavy atom. The molecule has 0 radical (unpaired) electrons. The molecule has 4 rings (SSSR count). The van der Waals surface area contributed by atoms with Crippen molar-refractivity contribution in [2.24, 2.45) is 16.9 Å². The van der Waals surface area contributed by atoms with Gasteiger partial charge in [-0.05, 0) is 42.2 Å². The summed E-state index contributed by atoms with van der Waals surface area (Å²) in [6.07, 6.45) is 5.82. The zero-order chi connectivity index (χ0) is 21.1. The number of fused-ring (bicyclic) bond motifs is 1. The summed E-state index contributed by atoms with van der Waals surface area (Å²) in [6, 6.07) is 14.0. The van der Waals surface area contributed by atoms with Crippen LogP contribution in [-0.4, -0.2) is 30.8 Å². The second kappa shape index (κ2) is 9.04. The van der Waals surface area contributed by atoms with Crippen molar-refractivity contribution in [3.8, 4) is 11.5 Å². The maximum Gasteiger partial charge on any atom is 0.247 e. The van der Waals surface area contributed by atoms with Gasteiger partial charge in [0.15, 0.2) is 11.5 Å². The van der Waals surface area contributed by atoms with Crippen LogP contribution in [0.4, 0.5) is 0 Å². The Morgan fingerprint density at radius 3 is 2.40 bits per heavy atom. The zero-order valence-electron chi connectivity index (χ0n) is 17.2. The third kappa shape index (κ3) is 3.88. The molecule has 1 aliphatic heterocycles. The number of carbonyl (C=O) groups is 1. The summed E-state index contributed by atoms with van der Waals surface area (Å²) in [5.74, 6) is 1.42. The number of amides is 1. The van der Waals surface area contributed by atoms with Crippen LogP contribution in [0.3, 0.4) is 0 Å². The molecule has 0 N–H and O–H groups in total. The molecule has 2 atom stereocenters. The molecule has 2 aromatic carbocycles. The quantitative estimate of drug-likeness (QED) is 0.446. The van der Waals surface area contributed by atoms with Gasteiger partial charge in [0.2, 0.25) is 5.91 Å². The Hall–Kier alpha value is -2.60. The molecule has 1 amide bonds. The van der Waals surface area contributed by atoms with Crippen LogP contribution in [0.1, 0.15) is 29.5 Å². The van der Waals surface area contributed by atoms with Crippen molar-refractivity contribution in [3.63, 3.8) is 0 Å². The van der Waals surface area contributed by atoms with Gasteiger partial charge in [0.1, 0.15) is 0 Å². The fraction of sp³-hybridized carbons (Fsp3) is 0.333. The Morgan fingerprint density at radius 1 is 1.00 bits per heavy atom. The van der Waals surface area contributed by atoms with Crippen molar-refractivity contribution in [2.45, 2.75) is 24.7 Å². The van der Waals surface area contributed by atoms with Crippen LogP contribution >= 0.6 is 15.9 Å². The van der Waals surface area contributed by atoms with E-state index < -0.39 is 0 Å². The standard InChI is InChI=1S/C24H25BrN2O3/c1-29-21-12-11-16(13-22(21)30-2)23-19-9-5-6-10-20(19)24(28)27(26-23)15-18-8-4-3-7-17(18)14-25/h3-8,11-13,19-20H,9-10,14-15H2,1-2H3. The number of ether oxygens (including phenoxy) is 2. The predicted octanol–water partition coefficient (Wildman–Crippen LogP) is 4.93. The first-order chi connectivity index (χ1) is 14.7. The zero-order valence-corrected chi connectivity index (χ0v) is 18.8. The summed E-state index contributed by atoms with van der Waals surface area (Å²) in [6.45, 7) is 0.463. The number of rotatable bonds is 6. The van der Waals surface area contributed by atoms with E-state index in [-0.39, 0.29) is 17.7 Å². The number of methoxy groups -OCH3 is 2. The first kappa shape index (κ1) is 20.7. The lowest BCUT2D eigenvalue weighted by molar-refractivity contribution is -0.138. The Kier molecular flexibility index (Phi) is 6.23. The molecule has 0 saturated heterocycles. The van der Waals surface area contributed by atoms with Crippen molar-refractivity contribution < 1.29 is 14.3 Å². The van der Waals surface area contributed by atoms with Crippen molar-refractivity contribution in [1.82, 2.24) is 5.01 Å². The van der Waals surface area contributed by atoms with E-state index >= 15 is 0 Å². The number of hydrogen-bond acceptors (Lipinski definition) is 4. The second-order valence-corrected chi connectivity index (χ2v) is 8.07. The fourth-order valence-electron chi connectivity index (χ4n) is 4.22. The van der Waals surface area contributed by atoms with Crippen molar-refractivity contribution in [1.29, 1.82) is 0 Å². The third-order valence-corrected chi connectivity index (χ3v) is 6.45. The predicted molar refractivity (Wildman–Crippen MR) is 121 cm³/mol. The molecule has 30 heavy (non-hydrogen) atoms. The van der Waals surface area contributed by atoms with Gasteiger partial charge in [0.25, 0.3) is 0 Å². The van der Waals surface area contributed by atoms with Crippen molar-refractivity contribution in [3.05, 3.63) is 71.3 Å². The summed E-state index contributed by atoms with van der Waals surface area (Å²) >= 11 is 3.55. The van der Waals surface area contributed by atoms with Gasteiger partial charge in [-0.25, -0.2) is 5.01 Å². The lowest BCUT2D eigenvalue weighted by Gasteiger charge is -2.37. The molecule has 2 aromatic rings. The highest BCUT2D eigenvalue weighted by Gasteiger charge is 2.40. The molecule has 0 fully saturated rings. The minimum atomic E-state index is -0.0910. The van der Waals surface area contributed by atoms with Crippen molar-refractivity contribution >= 4 is 27.5 Å². The fourth-order valence-corrected chi connectivity index (χ4v) is 4.77. The van der Waals surface area contributed by atoms with Crippen molar-refractivity contribution in [2.75, 3.05) is 14.2 Å². The summed E-state index contributed by atoms with van der Waals surface area (Å²) in [7, 11) is 3.25. The van der Waals surface area contributed by atoms with E-state index in [4.69, 9.17) is 14.6 Å². The lowest BCUT2D eigenvalue weighted by atomic mass is 9.76.